The van der Waals surface area contributed by atoms with Crippen molar-refractivity contribution in [3.8, 4) is 6.07 Å². The first-order valence-corrected chi connectivity index (χ1v) is 7.75. The van der Waals surface area contributed by atoms with E-state index in [4.69, 9.17) is 5.26 Å². The Morgan fingerprint density at radius 1 is 1.47 bits per heavy atom. The molecule has 0 heterocycles. The molecule has 1 unspecified atom stereocenters. The van der Waals surface area contributed by atoms with Crippen LogP contribution in [0, 0.1) is 11.3 Å². The van der Waals surface area contributed by atoms with Gasteiger partial charge in [-0.15, -0.1) is 0 Å². The molecule has 1 amide bonds. The van der Waals surface area contributed by atoms with Gasteiger partial charge in [0, 0.05) is 17.9 Å². The summed E-state index contributed by atoms with van der Waals surface area (Å²) in [6, 6.07) is 7.63. The molecular formula is C13H16N2O3S. The van der Waals surface area contributed by atoms with E-state index in [9.17, 15) is 13.2 Å². The van der Waals surface area contributed by atoms with Gasteiger partial charge in [-0.2, -0.15) is 5.26 Å². The highest BCUT2D eigenvalue weighted by molar-refractivity contribution is 7.90. The van der Waals surface area contributed by atoms with Crippen molar-refractivity contribution >= 4 is 15.7 Å². The van der Waals surface area contributed by atoms with E-state index in [0.717, 1.165) is 6.26 Å². The number of carbonyl (C=O) groups is 1. The smallest absolute Gasteiger partial charge is 0.251 e. The van der Waals surface area contributed by atoms with Crippen molar-refractivity contribution in [2.24, 2.45) is 0 Å². The van der Waals surface area contributed by atoms with Crippen LogP contribution in [0.15, 0.2) is 29.2 Å². The molecule has 19 heavy (non-hydrogen) atoms. The lowest BCUT2D eigenvalue weighted by atomic mass is 10.1. The maximum atomic E-state index is 12.0. The van der Waals surface area contributed by atoms with E-state index in [1.54, 1.807) is 6.07 Å². The highest BCUT2D eigenvalue weighted by atomic mass is 32.2. The molecule has 0 aliphatic carbocycles. The molecule has 0 saturated heterocycles. The lowest BCUT2D eigenvalue weighted by Gasteiger charge is -2.13. The van der Waals surface area contributed by atoms with Crippen molar-refractivity contribution in [1.82, 2.24) is 5.32 Å². The third-order valence-electron chi connectivity index (χ3n) is 2.69. The summed E-state index contributed by atoms with van der Waals surface area (Å²) in [5, 5.41) is 11.3. The molecule has 5 nitrogen and oxygen atoms in total. The highest BCUT2D eigenvalue weighted by Crippen LogP contribution is 2.11. The molecule has 0 aromatic heterocycles. The van der Waals surface area contributed by atoms with Gasteiger partial charge < -0.3 is 5.32 Å². The van der Waals surface area contributed by atoms with E-state index >= 15 is 0 Å². The van der Waals surface area contributed by atoms with Crippen LogP contribution in [0.1, 0.15) is 30.1 Å². The molecule has 0 spiro atoms. The lowest BCUT2D eigenvalue weighted by Crippen LogP contribution is -2.34. The first kappa shape index (κ1) is 15.2. The minimum atomic E-state index is -3.34. The van der Waals surface area contributed by atoms with Crippen molar-refractivity contribution in [3.63, 3.8) is 0 Å². The number of rotatable bonds is 5. The third kappa shape index (κ3) is 4.38. The second-order valence-corrected chi connectivity index (χ2v) is 6.26. The number of nitrogens with zero attached hydrogens (tertiary/aromatic N) is 1. The Labute approximate surface area is 113 Å². The van der Waals surface area contributed by atoms with Crippen molar-refractivity contribution in [2.45, 2.75) is 30.7 Å². The predicted molar refractivity (Wildman–Crippen MR) is 71.3 cm³/mol. The number of benzene rings is 1. The summed E-state index contributed by atoms with van der Waals surface area (Å²) >= 11 is 0. The fourth-order valence-corrected chi connectivity index (χ4v) is 2.21. The molecule has 1 N–H and O–H groups in total. The molecule has 0 aliphatic heterocycles. The normalized spacial score (nSPS) is 12.5. The van der Waals surface area contributed by atoms with Gasteiger partial charge in [-0.1, -0.05) is 13.0 Å². The van der Waals surface area contributed by atoms with Gasteiger partial charge in [0.1, 0.15) is 0 Å². The van der Waals surface area contributed by atoms with Gasteiger partial charge in [0.2, 0.25) is 0 Å². The fourth-order valence-electron chi connectivity index (χ4n) is 1.54. The average molecular weight is 280 g/mol. The standard InChI is InChI=1S/C13H16N2O3S/c1-3-11(7-8-14)15-13(16)10-5-4-6-12(9-10)19(2,17)18/h4-6,9,11H,3,7H2,1-2H3,(H,15,16). The zero-order chi connectivity index (χ0) is 14.5. The van der Waals surface area contributed by atoms with Crippen LogP contribution in [0.5, 0.6) is 0 Å². The second-order valence-electron chi connectivity index (χ2n) is 4.24. The molecule has 1 atom stereocenters. The molecule has 1 aromatic carbocycles. The zero-order valence-corrected chi connectivity index (χ0v) is 11.7. The predicted octanol–water partition coefficient (Wildman–Crippen LogP) is 1.51. The average Bonchev–Trinajstić information content (AvgIpc) is 2.37. The highest BCUT2D eigenvalue weighted by Gasteiger charge is 2.14. The number of hydrogen-bond acceptors (Lipinski definition) is 4. The summed E-state index contributed by atoms with van der Waals surface area (Å²) in [5.74, 6) is -0.368. The van der Waals surface area contributed by atoms with Crippen LogP contribution < -0.4 is 5.32 Å². The summed E-state index contributed by atoms with van der Waals surface area (Å²) in [5.41, 5.74) is 0.277. The van der Waals surface area contributed by atoms with Gasteiger partial charge in [0.25, 0.3) is 5.91 Å². The van der Waals surface area contributed by atoms with E-state index in [1.807, 2.05) is 13.0 Å². The fraction of sp³-hybridized carbons (Fsp3) is 0.385. The quantitative estimate of drug-likeness (QED) is 0.885. The summed E-state index contributed by atoms with van der Waals surface area (Å²) in [6.45, 7) is 1.87. The maximum Gasteiger partial charge on any atom is 0.251 e. The molecule has 0 saturated carbocycles. The number of nitriles is 1. The van der Waals surface area contributed by atoms with Gasteiger partial charge in [-0.25, -0.2) is 8.42 Å². The Morgan fingerprint density at radius 3 is 2.68 bits per heavy atom. The Bertz CT molecular complexity index is 603. The van der Waals surface area contributed by atoms with Gasteiger partial charge in [-0.05, 0) is 24.6 Å². The van der Waals surface area contributed by atoms with Crippen LogP contribution in [0.2, 0.25) is 0 Å². The Morgan fingerprint density at radius 2 is 2.16 bits per heavy atom. The van der Waals surface area contributed by atoms with Crippen LogP contribution >= 0.6 is 0 Å². The molecule has 1 aromatic rings. The van der Waals surface area contributed by atoms with Gasteiger partial charge in [-0.3, -0.25) is 4.79 Å². The molecular weight excluding hydrogens is 264 g/mol. The first-order valence-electron chi connectivity index (χ1n) is 5.86. The molecule has 0 radical (unpaired) electrons. The summed E-state index contributed by atoms with van der Waals surface area (Å²) in [7, 11) is -3.34. The monoisotopic (exact) mass is 280 g/mol. The molecule has 102 valence electrons. The van der Waals surface area contributed by atoms with Gasteiger partial charge >= 0.3 is 0 Å². The summed E-state index contributed by atoms with van der Waals surface area (Å²) in [6.07, 6.45) is 1.97. The Kier molecular flexibility index (Phi) is 5.07. The number of hydrogen-bond donors (Lipinski definition) is 1. The SMILES string of the molecule is CCC(CC#N)NC(=O)c1cccc(S(C)(=O)=O)c1. The third-order valence-corrected chi connectivity index (χ3v) is 3.80. The number of sulfone groups is 1. The van der Waals surface area contributed by atoms with Crippen LogP contribution in [-0.4, -0.2) is 26.6 Å². The molecule has 0 aliphatic rings. The van der Waals surface area contributed by atoms with Crippen molar-refractivity contribution in [3.05, 3.63) is 29.8 Å². The zero-order valence-electron chi connectivity index (χ0n) is 10.9. The molecule has 0 bridgehead atoms. The second kappa shape index (κ2) is 6.34. The van der Waals surface area contributed by atoms with E-state index in [2.05, 4.69) is 5.32 Å². The largest absolute Gasteiger partial charge is 0.348 e. The van der Waals surface area contributed by atoms with E-state index in [0.29, 0.717) is 6.42 Å². The van der Waals surface area contributed by atoms with Crippen molar-refractivity contribution in [1.29, 1.82) is 5.26 Å². The molecule has 1 rings (SSSR count). The number of carbonyl (C=O) groups excluding carboxylic acids is 1. The minimum Gasteiger partial charge on any atom is -0.348 e. The van der Waals surface area contributed by atoms with E-state index in [1.165, 1.54) is 18.2 Å². The van der Waals surface area contributed by atoms with Crippen molar-refractivity contribution in [2.75, 3.05) is 6.26 Å². The molecule has 6 heteroatoms. The van der Waals surface area contributed by atoms with Crippen LogP contribution in [0.25, 0.3) is 0 Å². The maximum absolute atomic E-state index is 12.0. The Balaban J connectivity index is 2.92. The minimum absolute atomic E-state index is 0.105. The van der Waals surface area contributed by atoms with Crippen LogP contribution in [-0.2, 0) is 9.84 Å². The van der Waals surface area contributed by atoms with E-state index < -0.39 is 9.84 Å². The summed E-state index contributed by atoms with van der Waals surface area (Å²) in [4.78, 5) is 12.1. The number of amides is 1. The van der Waals surface area contributed by atoms with Gasteiger partial charge in [0.15, 0.2) is 9.84 Å². The van der Waals surface area contributed by atoms with E-state index in [-0.39, 0.29) is 28.8 Å². The van der Waals surface area contributed by atoms with Crippen LogP contribution in [0.4, 0.5) is 0 Å². The van der Waals surface area contributed by atoms with Crippen molar-refractivity contribution < 1.29 is 13.2 Å². The lowest BCUT2D eigenvalue weighted by molar-refractivity contribution is 0.0936. The topological polar surface area (TPSA) is 87.0 Å². The Hall–Kier alpha value is -1.87. The number of nitrogens with one attached hydrogen (secondary N) is 1. The molecule has 0 fully saturated rings. The van der Waals surface area contributed by atoms with Gasteiger partial charge in [0.05, 0.1) is 17.4 Å². The summed E-state index contributed by atoms with van der Waals surface area (Å²) < 4.78 is 22.8. The van der Waals surface area contributed by atoms with Crippen LogP contribution in [0.3, 0.4) is 0 Å². The first-order chi connectivity index (χ1) is 8.88.